The van der Waals surface area contributed by atoms with Gasteiger partial charge in [0, 0.05) is 0 Å². The van der Waals surface area contributed by atoms with Gasteiger partial charge in [0.05, 0.1) is 12.7 Å². The number of halogens is 1. The molecule has 0 aliphatic heterocycles. The van der Waals surface area contributed by atoms with Gasteiger partial charge < -0.3 is 9.47 Å². The molecular weight excluding hydrogens is 259 g/mol. The van der Waals surface area contributed by atoms with Crippen molar-refractivity contribution in [2.75, 3.05) is 7.11 Å². The molecule has 2 rings (SSSR count). The maximum Gasteiger partial charge on any atom is 0.341 e. The SMILES string of the molecule is COc1cccc(COC(=O)c2ccc(C)cc2F)c1. The van der Waals surface area contributed by atoms with E-state index >= 15 is 0 Å². The number of carbonyl (C=O) groups excluding carboxylic acids is 1. The summed E-state index contributed by atoms with van der Waals surface area (Å²) in [4.78, 5) is 11.8. The molecule has 0 amide bonds. The minimum absolute atomic E-state index is 0.0569. The van der Waals surface area contributed by atoms with Gasteiger partial charge in [-0.15, -0.1) is 0 Å². The van der Waals surface area contributed by atoms with Gasteiger partial charge in [-0.25, -0.2) is 9.18 Å². The van der Waals surface area contributed by atoms with Crippen molar-refractivity contribution in [3.8, 4) is 5.75 Å². The van der Waals surface area contributed by atoms with Crippen LogP contribution in [0.25, 0.3) is 0 Å². The first kappa shape index (κ1) is 14.1. The van der Waals surface area contributed by atoms with E-state index in [2.05, 4.69) is 0 Å². The Labute approximate surface area is 117 Å². The molecule has 0 saturated heterocycles. The minimum Gasteiger partial charge on any atom is -0.497 e. The fourth-order valence-corrected chi connectivity index (χ4v) is 1.77. The molecule has 0 saturated carbocycles. The molecule has 2 aromatic carbocycles. The quantitative estimate of drug-likeness (QED) is 0.800. The molecular formula is C16H15FO3. The molecule has 0 aliphatic carbocycles. The molecule has 2 aromatic rings. The molecule has 0 unspecified atom stereocenters. The molecule has 3 nitrogen and oxygen atoms in total. The van der Waals surface area contributed by atoms with Crippen molar-refractivity contribution in [3.63, 3.8) is 0 Å². The number of methoxy groups -OCH3 is 1. The number of hydrogen-bond donors (Lipinski definition) is 0. The molecule has 0 spiro atoms. The zero-order valence-electron chi connectivity index (χ0n) is 11.4. The van der Waals surface area contributed by atoms with Gasteiger partial charge in [0.2, 0.25) is 0 Å². The van der Waals surface area contributed by atoms with Crippen LogP contribution in [-0.2, 0) is 11.3 Å². The van der Waals surface area contributed by atoms with E-state index in [-0.39, 0.29) is 12.2 Å². The lowest BCUT2D eigenvalue weighted by atomic mass is 10.1. The number of carbonyl (C=O) groups is 1. The third-order valence-corrected chi connectivity index (χ3v) is 2.85. The van der Waals surface area contributed by atoms with Gasteiger partial charge in [0.15, 0.2) is 0 Å². The van der Waals surface area contributed by atoms with Crippen LogP contribution in [0.15, 0.2) is 42.5 Å². The minimum atomic E-state index is -0.676. The zero-order valence-corrected chi connectivity index (χ0v) is 11.4. The van der Waals surface area contributed by atoms with Gasteiger partial charge >= 0.3 is 5.97 Å². The predicted molar refractivity (Wildman–Crippen MR) is 73.3 cm³/mol. The zero-order chi connectivity index (χ0) is 14.5. The van der Waals surface area contributed by atoms with E-state index in [1.807, 2.05) is 0 Å². The number of esters is 1. The highest BCUT2D eigenvalue weighted by Gasteiger charge is 2.13. The molecule has 0 aromatic heterocycles. The number of ether oxygens (including phenoxy) is 2. The van der Waals surface area contributed by atoms with E-state index in [1.165, 1.54) is 12.1 Å². The number of benzene rings is 2. The lowest BCUT2D eigenvalue weighted by Gasteiger charge is -2.07. The highest BCUT2D eigenvalue weighted by atomic mass is 19.1. The van der Waals surface area contributed by atoms with Crippen molar-refractivity contribution >= 4 is 5.97 Å². The second-order valence-corrected chi connectivity index (χ2v) is 4.41. The molecule has 4 heteroatoms. The summed E-state index contributed by atoms with van der Waals surface area (Å²) in [6, 6.07) is 11.6. The normalized spacial score (nSPS) is 10.2. The first-order chi connectivity index (χ1) is 9.60. The first-order valence-corrected chi connectivity index (χ1v) is 6.16. The van der Waals surface area contributed by atoms with Crippen LogP contribution in [-0.4, -0.2) is 13.1 Å². The molecule has 0 atom stereocenters. The smallest absolute Gasteiger partial charge is 0.341 e. The molecule has 104 valence electrons. The summed E-state index contributed by atoms with van der Waals surface area (Å²) in [5.74, 6) is -0.564. The lowest BCUT2D eigenvalue weighted by molar-refractivity contribution is 0.0467. The van der Waals surface area contributed by atoms with Crippen LogP contribution in [0, 0.1) is 12.7 Å². The molecule has 0 heterocycles. The molecule has 0 fully saturated rings. The summed E-state index contributed by atoms with van der Waals surface area (Å²) < 4.78 is 23.8. The maximum absolute atomic E-state index is 13.6. The van der Waals surface area contributed by atoms with Crippen LogP contribution >= 0.6 is 0 Å². The Balaban J connectivity index is 2.04. The van der Waals surface area contributed by atoms with Crippen molar-refractivity contribution in [2.45, 2.75) is 13.5 Å². The Bertz CT molecular complexity index is 623. The molecule has 0 N–H and O–H groups in total. The van der Waals surface area contributed by atoms with Crippen LogP contribution in [0.3, 0.4) is 0 Å². The molecule has 0 bridgehead atoms. The highest BCUT2D eigenvalue weighted by molar-refractivity contribution is 5.89. The Morgan fingerprint density at radius 3 is 2.70 bits per heavy atom. The summed E-state index contributed by atoms with van der Waals surface area (Å²) in [5, 5.41) is 0. The average Bonchev–Trinajstić information content (AvgIpc) is 2.45. The van der Waals surface area contributed by atoms with E-state index in [1.54, 1.807) is 44.4 Å². The van der Waals surface area contributed by atoms with Crippen molar-refractivity contribution in [3.05, 3.63) is 65.0 Å². The predicted octanol–water partition coefficient (Wildman–Crippen LogP) is 3.50. The summed E-state index contributed by atoms with van der Waals surface area (Å²) in [6.07, 6.45) is 0. The summed E-state index contributed by atoms with van der Waals surface area (Å²) in [6.45, 7) is 1.83. The monoisotopic (exact) mass is 274 g/mol. The first-order valence-electron chi connectivity index (χ1n) is 6.16. The highest BCUT2D eigenvalue weighted by Crippen LogP contribution is 2.15. The molecule has 0 radical (unpaired) electrons. The fraction of sp³-hybridized carbons (Fsp3) is 0.188. The third-order valence-electron chi connectivity index (χ3n) is 2.85. The average molecular weight is 274 g/mol. The standard InChI is InChI=1S/C16H15FO3/c1-11-6-7-14(15(17)8-11)16(18)20-10-12-4-3-5-13(9-12)19-2/h3-9H,10H2,1-2H3. The van der Waals surface area contributed by atoms with Crippen molar-refractivity contribution in [1.29, 1.82) is 0 Å². The third kappa shape index (κ3) is 3.35. The Morgan fingerprint density at radius 2 is 2.00 bits per heavy atom. The summed E-state index contributed by atoms with van der Waals surface area (Å²) >= 11 is 0. The Kier molecular flexibility index (Phi) is 4.35. The second-order valence-electron chi connectivity index (χ2n) is 4.41. The van der Waals surface area contributed by atoms with Crippen LogP contribution in [0.4, 0.5) is 4.39 Å². The van der Waals surface area contributed by atoms with Crippen molar-refractivity contribution in [1.82, 2.24) is 0 Å². The van der Waals surface area contributed by atoms with E-state index in [0.29, 0.717) is 5.75 Å². The maximum atomic E-state index is 13.6. The second kappa shape index (κ2) is 6.19. The Morgan fingerprint density at radius 1 is 1.20 bits per heavy atom. The largest absolute Gasteiger partial charge is 0.497 e. The molecule has 0 aliphatic rings. The fourth-order valence-electron chi connectivity index (χ4n) is 1.77. The lowest BCUT2D eigenvalue weighted by Crippen LogP contribution is -2.07. The van der Waals surface area contributed by atoms with Gasteiger partial charge in [0.1, 0.15) is 18.2 Å². The van der Waals surface area contributed by atoms with Gasteiger partial charge in [-0.2, -0.15) is 0 Å². The van der Waals surface area contributed by atoms with E-state index in [9.17, 15) is 9.18 Å². The summed E-state index contributed by atoms with van der Waals surface area (Å²) in [7, 11) is 1.56. The van der Waals surface area contributed by atoms with Crippen LogP contribution in [0.5, 0.6) is 5.75 Å². The van der Waals surface area contributed by atoms with Crippen molar-refractivity contribution in [2.24, 2.45) is 0 Å². The Hall–Kier alpha value is -2.36. The van der Waals surface area contributed by atoms with Gasteiger partial charge in [0.25, 0.3) is 0 Å². The van der Waals surface area contributed by atoms with E-state index in [4.69, 9.17) is 9.47 Å². The topological polar surface area (TPSA) is 35.5 Å². The van der Waals surface area contributed by atoms with Gasteiger partial charge in [-0.3, -0.25) is 0 Å². The van der Waals surface area contributed by atoms with Gasteiger partial charge in [-0.1, -0.05) is 18.2 Å². The molecule has 20 heavy (non-hydrogen) atoms. The van der Waals surface area contributed by atoms with Crippen LogP contribution in [0.2, 0.25) is 0 Å². The number of aryl methyl sites for hydroxylation is 1. The number of rotatable bonds is 4. The van der Waals surface area contributed by atoms with Crippen LogP contribution in [0.1, 0.15) is 21.5 Å². The van der Waals surface area contributed by atoms with E-state index < -0.39 is 11.8 Å². The number of hydrogen-bond acceptors (Lipinski definition) is 3. The van der Waals surface area contributed by atoms with Crippen molar-refractivity contribution < 1.29 is 18.7 Å². The van der Waals surface area contributed by atoms with E-state index in [0.717, 1.165) is 11.1 Å². The van der Waals surface area contributed by atoms with Crippen LogP contribution < -0.4 is 4.74 Å². The van der Waals surface area contributed by atoms with Gasteiger partial charge in [-0.05, 0) is 42.3 Å². The summed E-state index contributed by atoms with van der Waals surface area (Å²) in [5.41, 5.74) is 1.48.